The second-order valence-corrected chi connectivity index (χ2v) is 6.10. The van der Waals surface area contributed by atoms with Gasteiger partial charge in [0, 0.05) is 11.6 Å². The molecule has 0 radical (unpaired) electrons. The first-order chi connectivity index (χ1) is 9.46. The Kier molecular flexibility index (Phi) is 4.76. The minimum atomic E-state index is -0.792. The van der Waals surface area contributed by atoms with E-state index in [9.17, 15) is 8.78 Å². The fourth-order valence-corrected chi connectivity index (χ4v) is 3.27. The van der Waals surface area contributed by atoms with Gasteiger partial charge in [-0.15, -0.1) is 0 Å². The summed E-state index contributed by atoms with van der Waals surface area (Å²) in [5.74, 6) is -1.57. The molecule has 0 spiro atoms. The SMILES string of the molecule is CNC(c1ccc(F)c(F)c1)C(C)(C)N1CCCCC1. The number of benzene rings is 1. The van der Waals surface area contributed by atoms with Crippen molar-refractivity contribution < 1.29 is 8.78 Å². The number of nitrogens with zero attached hydrogens (tertiary/aromatic N) is 1. The van der Waals surface area contributed by atoms with Crippen molar-refractivity contribution in [2.24, 2.45) is 0 Å². The van der Waals surface area contributed by atoms with E-state index in [1.165, 1.54) is 31.4 Å². The van der Waals surface area contributed by atoms with E-state index in [0.717, 1.165) is 18.7 Å². The molecule has 2 rings (SSSR count). The Bertz CT molecular complexity index is 454. The summed E-state index contributed by atoms with van der Waals surface area (Å²) < 4.78 is 26.6. The average Bonchev–Trinajstić information content (AvgIpc) is 2.44. The molecule has 0 saturated carbocycles. The van der Waals surface area contributed by atoms with Crippen molar-refractivity contribution in [3.8, 4) is 0 Å². The lowest BCUT2D eigenvalue weighted by Crippen LogP contribution is -2.53. The van der Waals surface area contributed by atoms with Gasteiger partial charge in [-0.05, 0) is 64.5 Å². The van der Waals surface area contributed by atoms with E-state index >= 15 is 0 Å². The maximum Gasteiger partial charge on any atom is 0.159 e. The molecule has 1 heterocycles. The Labute approximate surface area is 120 Å². The number of halogens is 2. The molecule has 1 aliphatic rings. The molecule has 1 aromatic carbocycles. The molecule has 1 fully saturated rings. The highest BCUT2D eigenvalue weighted by molar-refractivity contribution is 5.24. The van der Waals surface area contributed by atoms with Gasteiger partial charge in [0.05, 0.1) is 0 Å². The standard InChI is InChI=1S/C16H24F2N2/c1-16(2,20-9-5-4-6-10-20)15(19-3)12-7-8-13(17)14(18)11-12/h7-8,11,15,19H,4-6,9-10H2,1-3H3. The van der Waals surface area contributed by atoms with Gasteiger partial charge in [-0.25, -0.2) is 8.78 Å². The zero-order chi connectivity index (χ0) is 14.8. The molecular weight excluding hydrogens is 258 g/mol. The fourth-order valence-electron chi connectivity index (χ4n) is 3.27. The molecule has 20 heavy (non-hydrogen) atoms. The molecule has 4 heteroatoms. The summed E-state index contributed by atoms with van der Waals surface area (Å²) in [5, 5.41) is 3.27. The van der Waals surface area contributed by atoms with Gasteiger partial charge >= 0.3 is 0 Å². The third kappa shape index (κ3) is 3.01. The third-order valence-corrected chi connectivity index (χ3v) is 4.44. The van der Waals surface area contributed by atoms with E-state index in [1.807, 2.05) is 7.05 Å². The van der Waals surface area contributed by atoms with Crippen LogP contribution < -0.4 is 5.32 Å². The van der Waals surface area contributed by atoms with E-state index in [4.69, 9.17) is 0 Å². The first-order valence-electron chi connectivity index (χ1n) is 7.34. The maximum absolute atomic E-state index is 13.5. The third-order valence-electron chi connectivity index (χ3n) is 4.44. The molecule has 1 aliphatic heterocycles. The summed E-state index contributed by atoms with van der Waals surface area (Å²) in [6, 6.07) is 4.16. The van der Waals surface area contributed by atoms with Gasteiger partial charge in [0.1, 0.15) is 0 Å². The van der Waals surface area contributed by atoms with Crippen molar-refractivity contribution in [3.05, 3.63) is 35.4 Å². The molecule has 1 atom stereocenters. The van der Waals surface area contributed by atoms with Gasteiger partial charge in [-0.3, -0.25) is 4.90 Å². The molecule has 0 aromatic heterocycles. The maximum atomic E-state index is 13.5. The van der Waals surface area contributed by atoms with Crippen LogP contribution in [-0.4, -0.2) is 30.6 Å². The number of hydrogen-bond acceptors (Lipinski definition) is 2. The second-order valence-electron chi connectivity index (χ2n) is 6.10. The van der Waals surface area contributed by atoms with E-state index in [2.05, 4.69) is 24.1 Å². The van der Waals surface area contributed by atoms with Gasteiger partial charge in [0.25, 0.3) is 0 Å². The summed E-state index contributed by atoms with van der Waals surface area (Å²) >= 11 is 0. The van der Waals surface area contributed by atoms with Crippen LogP contribution in [-0.2, 0) is 0 Å². The minimum absolute atomic E-state index is 0.0318. The van der Waals surface area contributed by atoms with Crippen LogP contribution >= 0.6 is 0 Å². The molecule has 0 amide bonds. The van der Waals surface area contributed by atoms with Crippen molar-refractivity contribution in [2.75, 3.05) is 20.1 Å². The van der Waals surface area contributed by atoms with Gasteiger partial charge in [-0.1, -0.05) is 12.5 Å². The lowest BCUT2D eigenvalue weighted by atomic mass is 9.85. The monoisotopic (exact) mass is 282 g/mol. The molecule has 2 nitrogen and oxygen atoms in total. The predicted octanol–water partition coefficient (Wildman–Crippen LogP) is 3.49. The van der Waals surface area contributed by atoms with Crippen molar-refractivity contribution >= 4 is 0 Å². The lowest BCUT2D eigenvalue weighted by molar-refractivity contribution is 0.0631. The van der Waals surface area contributed by atoms with Crippen LogP contribution in [0, 0.1) is 11.6 Å². The van der Waals surface area contributed by atoms with Gasteiger partial charge in [-0.2, -0.15) is 0 Å². The molecule has 0 aliphatic carbocycles. The van der Waals surface area contributed by atoms with Crippen LogP contribution in [0.2, 0.25) is 0 Å². The summed E-state index contributed by atoms with van der Waals surface area (Å²) in [5.41, 5.74) is 0.654. The first-order valence-corrected chi connectivity index (χ1v) is 7.34. The van der Waals surface area contributed by atoms with E-state index in [0.29, 0.717) is 0 Å². The predicted molar refractivity (Wildman–Crippen MR) is 77.7 cm³/mol. The molecule has 1 saturated heterocycles. The molecule has 0 bridgehead atoms. The van der Waals surface area contributed by atoms with Crippen molar-refractivity contribution in [1.29, 1.82) is 0 Å². The summed E-state index contributed by atoms with van der Waals surface area (Å²) in [7, 11) is 1.87. The highest BCUT2D eigenvalue weighted by Gasteiger charge is 2.36. The minimum Gasteiger partial charge on any atom is -0.311 e. The van der Waals surface area contributed by atoms with Crippen LogP contribution in [0.1, 0.15) is 44.7 Å². The van der Waals surface area contributed by atoms with Crippen molar-refractivity contribution in [3.63, 3.8) is 0 Å². The van der Waals surface area contributed by atoms with Crippen molar-refractivity contribution in [1.82, 2.24) is 10.2 Å². The Hall–Kier alpha value is -1.00. The molecule has 1 N–H and O–H groups in total. The Morgan fingerprint density at radius 1 is 1.10 bits per heavy atom. The summed E-state index contributed by atoms with van der Waals surface area (Å²) in [6.07, 6.45) is 3.69. The molecular formula is C16H24F2N2. The summed E-state index contributed by atoms with van der Waals surface area (Å²) in [4.78, 5) is 2.44. The molecule has 1 unspecified atom stereocenters. The topological polar surface area (TPSA) is 15.3 Å². The largest absolute Gasteiger partial charge is 0.311 e. The summed E-state index contributed by atoms with van der Waals surface area (Å²) in [6.45, 7) is 6.46. The molecule has 112 valence electrons. The Morgan fingerprint density at radius 2 is 1.75 bits per heavy atom. The van der Waals surface area contributed by atoms with Crippen LogP contribution in [0.3, 0.4) is 0 Å². The smallest absolute Gasteiger partial charge is 0.159 e. The van der Waals surface area contributed by atoms with Crippen molar-refractivity contribution in [2.45, 2.75) is 44.7 Å². The highest BCUT2D eigenvalue weighted by atomic mass is 19.2. The Balaban J connectivity index is 2.27. The normalized spacial score (nSPS) is 19.1. The second kappa shape index (κ2) is 6.19. The van der Waals surface area contributed by atoms with E-state index in [-0.39, 0.29) is 11.6 Å². The number of nitrogens with one attached hydrogen (secondary N) is 1. The van der Waals surface area contributed by atoms with Gasteiger partial charge in [0.15, 0.2) is 11.6 Å². The number of likely N-dealkylation sites (N-methyl/N-ethyl adjacent to an activating group) is 1. The van der Waals surface area contributed by atoms with Crippen LogP contribution in [0.4, 0.5) is 8.78 Å². The quantitative estimate of drug-likeness (QED) is 0.909. The number of piperidine rings is 1. The zero-order valence-electron chi connectivity index (χ0n) is 12.5. The lowest BCUT2D eigenvalue weighted by Gasteiger charge is -2.46. The van der Waals surface area contributed by atoms with E-state index in [1.54, 1.807) is 6.07 Å². The van der Waals surface area contributed by atoms with Crippen LogP contribution in [0.25, 0.3) is 0 Å². The fraction of sp³-hybridized carbons (Fsp3) is 0.625. The average molecular weight is 282 g/mol. The highest BCUT2D eigenvalue weighted by Crippen LogP contribution is 2.33. The first kappa shape index (κ1) is 15.4. The van der Waals surface area contributed by atoms with Gasteiger partial charge < -0.3 is 5.32 Å². The van der Waals surface area contributed by atoms with E-state index < -0.39 is 11.6 Å². The van der Waals surface area contributed by atoms with Crippen LogP contribution in [0.15, 0.2) is 18.2 Å². The number of hydrogen-bond donors (Lipinski definition) is 1. The molecule has 1 aromatic rings. The van der Waals surface area contributed by atoms with Gasteiger partial charge in [0.2, 0.25) is 0 Å². The van der Waals surface area contributed by atoms with Crippen LogP contribution in [0.5, 0.6) is 0 Å². The zero-order valence-corrected chi connectivity index (χ0v) is 12.5. The number of rotatable bonds is 4. The Morgan fingerprint density at radius 3 is 2.30 bits per heavy atom. The number of likely N-dealkylation sites (tertiary alicyclic amines) is 1.